The molecule has 1 aromatic carbocycles. The van der Waals surface area contributed by atoms with Gasteiger partial charge in [0, 0.05) is 18.3 Å². The highest BCUT2D eigenvalue weighted by Gasteiger charge is 2.02. The largest absolute Gasteiger partial charge is 0.507 e. The lowest BCUT2D eigenvalue weighted by Crippen LogP contribution is -1.89. The fourth-order valence-electron chi connectivity index (χ4n) is 1.40. The van der Waals surface area contributed by atoms with Gasteiger partial charge in [-0.3, -0.25) is 9.79 Å². The molecular formula is C13H17NO2. The third-order valence-corrected chi connectivity index (χ3v) is 2.35. The summed E-state index contributed by atoms with van der Waals surface area (Å²) < 4.78 is 0. The zero-order chi connectivity index (χ0) is 11.8. The van der Waals surface area contributed by atoms with E-state index in [2.05, 4.69) is 11.9 Å². The SMILES string of the molecule is CCCCCN=Cc1cccc(C=O)c1O. The first kappa shape index (κ1) is 12.4. The number of phenols is 1. The Labute approximate surface area is 95.8 Å². The van der Waals surface area contributed by atoms with Crippen LogP contribution in [0.25, 0.3) is 0 Å². The molecule has 0 aromatic heterocycles. The molecule has 0 aliphatic carbocycles. The highest BCUT2D eigenvalue weighted by Crippen LogP contribution is 2.18. The Morgan fingerprint density at radius 3 is 2.75 bits per heavy atom. The van der Waals surface area contributed by atoms with Gasteiger partial charge in [0.05, 0.1) is 5.56 Å². The summed E-state index contributed by atoms with van der Waals surface area (Å²) in [5, 5.41) is 9.67. The third-order valence-electron chi connectivity index (χ3n) is 2.35. The van der Waals surface area contributed by atoms with Crippen LogP contribution in [-0.2, 0) is 0 Å². The van der Waals surface area contributed by atoms with Crippen LogP contribution < -0.4 is 0 Å². The first-order chi connectivity index (χ1) is 7.79. The molecule has 0 saturated heterocycles. The molecule has 1 N–H and O–H groups in total. The molecule has 0 radical (unpaired) electrons. The predicted molar refractivity (Wildman–Crippen MR) is 65.5 cm³/mol. The van der Waals surface area contributed by atoms with Gasteiger partial charge in [-0.15, -0.1) is 0 Å². The molecule has 16 heavy (non-hydrogen) atoms. The first-order valence-corrected chi connectivity index (χ1v) is 5.56. The van der Waals surface area contributed by atoms with E-state index in [9.17, 15) is 9.90 Å². The topological polar surface area (TPSA) is 49.7 Å². The molecule has 86 valence electrons. The summed E-state index contributed by atoms with van der Waals surface area (Å²) in [5.74, 6) is 0.0109. The number of aliphatic imine (C=N–C) groups is 1. The molecule has 1 rings (SSSR count). The minimum atomic E-state index is 0.0109. The number of para-hydroxylation sites is 1. The predicted octanol–water partition coefficient (Wildman–Crippen LogP) is 2.81. The molecule has 3 heteroatoms. The van der Waals surface area contributed by atoms with Gasteiger partial charge < -0.3 is 5.11 Å². The average Bonchev–Trinajstić information content (AvgIpc) is 2.31. The summed E-state index contributed by atoms with van der Waals surface area (Å²) in [6.07, 6.45) is 5.65. The van der Waals surface area contributed by atoms with Gasteiger partial charge in [-0.2, -0.15) is 0 Å². The number of phenolic OH excluding ortho intramolecular Hbond substituents is 1. The van der Waals surface area contributed by atoms with Crippen LogP contribution in [0.2, 0.25) is 0 Å². The highest BCUT2D eigenvalue weighted by atomic mass is 16.3. The van der Waals surface area contributed by atoms with Crippen molar-refractivity contribution in [1.29, 1.82) is 0 Å². The summed E-state index contributed by atoms with van der Waals surface area (Å²) in [4.78, 5) is 14.8. The number of carbonyl (C=O) groups is 1. The summed E-state index contributed by atoms with van der Waals surface area (Å²) in [6, 6.07) is 5.05. The number of rotatable bonds is 6. The van der Waals surface area contributed by atoms with Crippen LogP contribution >= 0.6 is 0 Å². The fourth-order valence-corrected chi connectivity index (χ4v) is 1.40. The normalized spacial score (nSPS) is 10.8. The number of hydrogen-bond acceptors (Lipinski definition) is 3. The van der Waals surface area contributed by atoms with Crippen molar-refractivity contribution < 1.29 is 9.90 Å². The maximum Gasteiger partial charge on any atom is 0.153 e. The van der Waals surface area contributed by atoms with E-state index in [4.69, 9.17) is 0 Å². The van der Waals surface area contributed by atoms with Crippen molar-refractivity contribution in [1.82, 2.24) is 0 Å². The minimum absolute atomic E-state index is 0.0109. The number of unbranched alkanes of at least 4 members (excludes halogenated alkanes) is 2. The van der Waals surface area contributed by atoms with Gasteiger partial charge in [0.15, 0.2) is 6.29 Å². The molecule has 3 nitrogen and oxygen atoms in total. The Morgan fingerprint density at radius 2 is 2.06 bits per heavy atom. The second-order valence-corrected chi connectivity index (χ2v) is 3.65. The third kappa shape index (κ3) is 3.50. The molecule has 0 bridgehead atoms. The number of benzene rings is 1. The van der Waals surface area contributed by atoms with Gasteiger partial charge in [-0.1, -0.05) is 25.8 Å². The lowest BCUT2D eigenvalue weighted by Gasteiger charge is -2.00. The van der Waals surface area contributed by atoms with Gasteiger partial charge in [0.2, 0.25) is 0 Å². The second-order valence-electron chi connectivity index (χ2n) is 3.65. The van der Waals surface area contributed by atoms with Crippen molar-refractivity contribution in [3.05, 3.63) is 29.3 Å². The molecule has 0 aliphatic rings. The summed E-state index contributed by atoms with van der Waals surface area (Å²) in [5.41, 5.74) is 0.901. The molecule has 0 spiro atoms. The van der Waals surface area contributed by atoms with E-state index in [0.717, 1.165) is 19.4 Å². The molecule has 0 heterocycles. The smallest absolute Gasteiger partial charge is 0.153 e. The summed E-state index contributed by atoms with van der Waals surface area (Å²) in [7, 11) is 0. The standard InChI is InChI=1S/C13H17NO2/c1-2-3-4-8-14-9-11-6-5-7-12(10-15)13(11)16/h5-7,9-10,16H,2-4,8H2,1H3. The lowest BCUT2D eigenvalue weighted by molar-refractivity contribution is 0.112. The van der Waals surface area contributed by atoms with Gasteiger partial charge in [-0.05, 0) is 18.6 Å². The Balaban J connectivity index is 2.63. The number of hydrogen-bond donors (Lipinski definition) is 1. The van der Waals surface area contributed by atoms with Crippen LogP contribution in [-0.4, -0.2) is 24.2 Å². The summed E-state index contributed by atoms with van der Waals surface area (Å²) in [6.45, 7) is 2.90. The number of carbonyl (C=O) groups excluding carboxylic acids is 1. The van der Waals surface area contributed by atoms with E-state index in [1.807, 2.05) is 0 Å². The van der Waals surface area contributed by atoms with E-state index in [1.165, 1.54) is 6.42 Å². The van der Waals surface area contributed by atoms with Crippen molar-refractivity contribution in [3.63, 3.8) is 0 Å². The maximum atomic E-state index is 10.6. The van der Waals surface area contributed by atoms with Crippen molar-refractivity contribution in [2.75, 3.05) is 6.54 Å². The van der Waals surface area contributed by atoms with Crippen molar-refractivity contribution in [2.24, 2.45) is 4.99 Å². The summed E-state index contributed by atoms with van der Waals surface area (Å²) >= 11 is 0. The lowest BCUT2D eigenvalue weighted by atomic mass is 10.1. The number of nitrogens with zero attached hydrogens (tertiary/aromatic N) is 1. The fraction of sp³-hybridized carbons (Fsp3) is 0.385. The van der Waals surface area contributed by atoms with Gasteiger partial charge in [0.1, 0.15) is 5.75 Å². The van der Waals surface area contributed by atoms with Crippen LogP contribution in [0.1, 0.15) is 42.1 Å². The average molecular weight is 219 g/mol. The van der Waals surface area contributed by atoms with Crippen molar-refractivity contribution in [2.45, 2.75) is 26.2 Å². The van der Waals surface area contributed by atoms with Crippen LogP contribution in [0, 0.1) is 0 Å². The van der Waals surface area contributed by atoms with Crippen molar-refractivity contribution >= 4 is 12.5 Å². The van der Waals surface area contributed by atoms with Gasteiger partial charge in [0.25, 0.3) is 0 Å². The van der Waals surface area contributed by atoms with Crippen LogP contribution in [0.3, 0.4) is 0 Å². The van der Waals surface area contributed by atoms with E-state index in [-0.39, 0.29) is 5.75 Å². The van der Waals surface area contributed by atoms with Crippen LogP contribution in [0.5, 0.6) is 5.75 Å². The molecule has 0 atom stereocenters. The molecule has 0 fully saturated rings. The van der Waals surface area contributed by atoms with Gasteiger partial charge in [-0.25, -0.2) is 0 Å². The van der Waals surface area contributed by atoms with Crippen LogP contribution in [0.15, 0.2) is 23.2 Å². The van der Waals surface area contributed by atoms with Crippen molar-refractivity contribution in [3.8, 4) is 5.75 Å². The van der Waals surface area contributed by atoms with Crippen LogP contribution in [0.4, 0.5) is 0 Å². The minimum Gasteiger partial charge on any atom is -0.507 e. The zero-order valence-electron chi connectivity index (χ0n) is 9.52. The van der Waals surface area contributed by atoms with E-state index >= 15 is 0 Å². The Morgan fingerprint density at radius 1 is 1.31 bits per heavy atom. The van der Waals surface area contributed by atoms with E-state index in [0.29, 0.717) is 17.4 Å². The van der Waals surface area contributed by atoms with E-state index < -0.39 is 0 Å². The molecule has 0 aliphatic heterocycles. The quantitative estimate of drug-likeness (QED) is 0.454. The zero-order valence-corrected chi connectivity index (χ0v) is 9.52. The monoisotopic (exact) mass is 219 g/mol. The molecule has 0 unspecified atom stereocenters. The van der Waals surface area contributed by atoms with Gasteiger partial charge >= 0.3 is 0 Å². The molecular weight excluding hydrogens is 202 g/mol. The first-order valence-electron chi connectivity index (χ1n) is 5.56. The Hall–Kier alpha value is -1.64. The second kappa shape index (κ2) is 6.77. The number of aromatic hydroxyl groups is 1. The Kier molecular flexibility index (Phi) is 5.26. The maximum absolute atomic E-state index is 10.6. The highest BCUT2D eigenvalue weighted by molar-refractivity contribution is 5.90. The molecule has 1 aromatic rings. The van der Waals surface area contributed by atoms with E-state index in [1.54, 1.807) is 24.4 Å². The Bertz CT molecular complexity index is 372. The molecule has 0 amide bonds. The molecule has 0 saturated carbocycles. The number of aldehydes is 1.